The number of carboxylic acid groups (broad SMARTS) is 1. The molecule has 0 aromatic carbocycles. The number of thioether (sulfide) groups is 1. The summed E-state index contributed by atoms with van der Waals surface area (Å²) in [7, 11) is 0. The van der Waals surface area contributed by atoms with Crippen molar-refractivity contribution in [3.05, 3.63) is 16.8 Å². The van der Waals surface area contributed by atoms with Crippen LogP contribution < -0.4 is 11.1 Å². The summed E-state index contributed by atoms with van der Waals surface area (Å²) in [6, 6.07) is -0.717. The lowest BCUT2D eigenvalue weighted by Crippen LogP contribution is -2.70. The molecule has 0 unspecified atom stereocenters. The van der Waals surface area contributed by atoms with E-state index in [1.54, 1.807) is 0 Å². The van der Waals surface area contributed by atoms with E-state index < -0.39 is 17.9 Å². The molecule has 3 rings (SSSR count). The summed E-state index contributed by atoms with van der Waals surface area (Å²) < 4.78 is 0. The molecule has 2 atom stereocenters. The van der Waals surface area contributed by atoms with Crippen LogP contribution in [0.15, 0.2) is 11.8 Å². The van der Waals surface area contributed by atoms with Crippen LogP contribution >= 0.6 is 23.1 Å². The average molecular weight is 341 g/mol. The van der Waals surface area contributed by atoms with Crippen LogP contribution in [-0.4, -0.2) is 55.2 Å². The molecule has 2 aliphatic rings. The van der Waals surface area contributed by atoms with Crippen molar-refractivity contribution >= 4 is 46.0 Å². The Morgan fingerprint density at radius 2 is 2.27 bits per heavy atom. The molecule has 1 aromatic rings. The highest BCUT2D eigenvalue weighted by Crippen LogP contribution is 2.37. The molecule has 2 amide bonds. The van der Waals surface area contributed by atoms with Crippen LogP contribution in [0.2, 0.25) is 0 Å². The molecule has 2 aliphatic heterocycles. The first-order valence-corrected chi connectivity index (χ1v) is 8.09. The van der Waals surface area contributed by atoms with Gasteiger partial charge < -0.3 is 16.2 Å². The minimum Gasteiger partial charge on any atom is -0.477 e. The molecule has 0 saturated carbocycles. The van der Waals surface area contributed by atoms with E-state index in [4.69, 9.17) is 10.8 Å². The Morgan fingerprint density at radius 1 is 1.50 bits per heavy atom. The molecule has 4 N–H and O–H groups in total. The number of β-lactam (4-membered cyclic amide) rings is 1. The Morgan fingerprint density at radius 3 is 2.91 bits per heavy atom. The molecule has 116 valence electrons. The van der Waals surface area contributed by atoms with Gasteiger partial charge in [-0.3, -0.25) is 14.5 Å². The molecule has 11 heteroatoms. The SMILES string of the molecule is Nc1nnc(CC(=O)N[C@@H]2C(=O)N3C(C(=O)O)=CCS[C@@H]23)s1. The zero-order valence-electron chi connectivity index (χ0n) is 11.1. The first-order valence-electron chi connectivity index (χ1n) is 6.22. The molecule has 0 spiro atoms. The van der Waals surface area contributed by atoms with E-state index in [0.717, 1.165) is 11.3 Å². The summed E-state index contributed by atoms with van der Waals surface area (Å²) in [6.07, 6.45) is 1.47. The standard InChI is InChI=1S/C11H11N5O4S2/c12-11-15-14-6(22-11)3-5(17)13-7-8(18)16-4(10(19)20)1-2-21-9(7)16/h1,7,9H,2-3H2,(H2,12,15)(H,13,17)(H,19,20)/t7-,9+/m1/s1. The van der Waals surface area contributed by atoms with Crippen molar-refractivity contribution in [3.63, 3.8) is 0 Å². The topological polar surface area (TPSA) is 139 Å². The van der Waals surface area contributed by atoms with Gasteiger partial charge in [-0.2, -0.15) is 0 Å². The minimum absolute atomic E-state index is 0.0162. The zero-order valence-corrected chi connectivity index (χ0v) is 12.7. The highest BCUT2D eigenvalue weighted by atomic mass is 32.2. The number of nitrogens with zero attached hydrogens (tertiary/aromatic N) is 3. The third kappa shape index (κ3) is 2.52. The van der Waals surface area contributed by atoms with Gasteiger partial charge >= 0.3 is 5.97 Å². The van der Waals surface area contributed by atoms with Gasteiger partial charge in [0, 0.05) is 5.75 Å². The maximum Gasteiger partial charge on any atom is 0.352 e. The molecule has 1 saturated heterocycles. The van der Waals surface area contributed by atoms with E-state index in [0.29, 0.717) is 10.8 Å². The van der Waals surface area contributed by atoms with Crippen molar-refractivity contribution in [2.45, 2.75) is 17.8 Å². The van der Waals surface area contributed by atoms with Crippen LogP contribution in [0.3, 0.4) is 0 Å². The van der Waals surface area contributed by atoms with Crippen LogP contribution in [0.4, 0.5) is 5.13 Å². The van der Waals surface area contributed by atoms with Crippen molar-refractivity contribution in [3.8, 4) is 0 Å². The number of anilines is 1. The molecule has 1 fully saturated rings. The van der Waals surface area contributed by atoms with E-state index >= 15 is 0 Å². The molecule has 0 radical (unpaired) electrons. The Bertz CT molecular complexity index is 688. The maximum atomic E-state index is 12.1. The average Bonchev–Trinajstić information content (AvgIpc) is 2.88. The largest absolute Gasteiger partial charge is 0.477 e. The molecule has 1 aromatic heterocycles. The maximum absolute atomic E-state index is 12.1. The molecule has 0 aliphatic carbocycles. The van der Waals surface area contributed by atoms with E-state index in [9.17, 15) is 14.4 Å². The number of nitrogens with two attached hydrogens (primary N) is 1. The number of rotatable bonds is 4. The highest BCUT2D eigenvalue weighted by Gasteiger charge is 2.52. The number of amides is 2. The Balaban J connectivity index is 1.63. The van der Waals surface area contributed by atoms with E-state index in [-0.39, 0.29) is 28.5 Å². The van der Waals surface area contributed by atoms with Gasteiger partial charge in [-0.25, -0.2) is 4.79 Å². The highest BCUT2D eigenvalue weighted by molar-refractivity contribution is 8.00. The lowest BCUT2D eigenvalue weighted by atomic mass is 10.0. The summed E-state index contributed by atoms with van der Waals surface area (Å²) in [4.78, 5) is 36.3. The van der Waals surface area contributed by atoms with Gasteiger partial charge in [0.15, 0.2) is 0 Å². The van der Waals surface area contributed by atoms with Crippen molar-refractivity contribution < 1.29 is 19.5 Å². The first kappa shape index (κ1) is 14.8. The van der Waals surface area contributed by atoms with Crippen molar-refractivity contribution in [1.82, 2.24) is 20.4 Å². The van der Waals surface area contributed by atoms with Crippen LogP contribution in [0, 0.1) is 0 Å². The Labute approximate surface area is 132 Å². The monoisotopic (exact) mass is 341 g/mol. The summed E-state index contributed by atoms with van der Waals surface area (Å²) in [5.41, 5.74) is 5.40. The van der Waals surface area contributed by atoms with Gasteiger partial charge in [-0.1, -0.05) is 11.3 Å². The minimum atomic E-state index is -1.15. The molecule has 9 nitrogen and oxygen atoms in total. The fraction of sp³-hybridized carbons (Fsp3) is 0.364. The molecule has 0 bridgehead atoms. The third-order valence-electron chi connectivity index (χ3n) is 3.18. The number of hydrogen-bond acceptors (Lipinski definition) is 8. The number of carboxylic acids is 1. The lowest BCUT2D eigenvalue weighted by Gasteiger charge is -2.48. The predicted molar refractivity (Wildman–Crippen MR) is 78.8 cm³/mol. The van der Waals surface area contributed by atoms with Gasteiger partial charge in [-0.15, -0.1) is 22.0 Å². The summed E-state index contributed by atoms with van der Waals surface area (Å²) in [5, 5.41) is 19.4. The van der Waals surface area contributed by atoms with Crippen LogP contribution in [-0.2, 0) is 20.8 Å². The van der Waals surface area contributed by atoms with Crippen LogP contribution in [0.5, 0.6) is 0 Å². The van der Waals surface area contributed by atoms with Crippen molar-refractivity contribution in [1.29, 1.82) is 0 Å². The van der Waals surface area contributed by atoms with Gasteiger partial charge in [-0.05, 0) is 6.08 Å². The lowest BCUT2D eigenvalue weighted by molar-refractivity contribution is -0.150. The van der Waals surface area contributed by atoms with E-state index in [1.165, 1.54) is 22.7 Å². The molecule has 3 heterocycles. The third-order valence-corrected chi connectivity index (χ3v) is 5.11. The smallest absolute Gasteiger partial charge is 0.352 e. The molecule has 22 heavy (non-hydrogen) atoms. The number of fused-ring (bicyclic) bond motifs is 1. The number of nitrogen functional groups attached to an aromatic ring is 1. The fourth-order valence-corrected chi connectivity index (χ4v) is 4.04. The first-order chi connectivity index (χ1) is 10.5. The van der Waals surface area contributed by atoms with Gasteiger partial charge in [0.1, 0.15) is 22.1 Å². The second kappa shape index (κ2) is 5.57. The number of carbonyl (C=O) groups excluding carboxylic acids is 2. The Kier molecular flexibility index (Phi) is 3.74. The summed E-state index contributed by atoms with van der Waals surface area (Å²) in [6.45, 7) is 0. The second-order valence-corrected chi connectivity index (χ2v) is 6.83. The van der Waals surface area contributed by atoms with Crippen molar-refractivity contribution in [2.24, 2.45) is 0 Å². The number of aromatic nitrogens is 2. The number of hydrogen-bond donors (Lipinski definition) is 3. The predicted octanol–water partition coefficient (Wildman–Crippen LogP) is -0.969. The summed E-state index contributed by atoms with van der Waals surface area (Å²) in [5.74, 6) is -1.46. The normalized spacial score (nSPS) is 23.4. The number of carbonyl (C=O) groups is 3. The van der Waals surface area contributed by atoms with E-state index in [1.807, 2.05) is 0 Å². The number of aliphatic carboxylic acids is 1. The number of nitrogens with one attached hydrogen (secondary N) is 1. The molecular formula is C11H11N5O4S2. The van der Waals surface area contributed by atoms with Crippen molar-refractivity contribution in [2.75, 3.05) is 11.5 Å². The zero-order chi connectivity index (χ0) is 15.9. The Hall–Kier alpha value is -2.14. The van der Waals surface area contributed by atoms with Gasteiger partial charge in [0.05, 0.1) is 6.42 Å². The van der Waals surface area contributed by atoms with Crippen LogP contribution in [0.1, 0.15) is 5.01 Å². The quantitative estimate of drug-likeness (QED) is 0.595. The fourth-order valence-electron chi connectivity index (χ4n) is 2.24. The van der Waals surface area contributed by atoms with Gasteiger partial charge in [0.25, 0.3) is 5.91 Å². The molecular weight excluding hydrogens is 330 g/mol. The second-order valence-electron chi connectivity index (χ2n) is 4.58. The van der Waals surface area contributed by atoms with E-state index in [2.05, 4.69) is 15.5 Å². The van der Waals surface area contributed by atoms with Gasteiger partial charge in [0.2, 0.25) is 11.0 Å². The summed E-state index contributed by atoms with van der Waals surface area (Å²) >= 11 is 2.51. The van der Waals surface area contributed by atoms with Crippen LogP contribution in [0.25, 0.3) is 0 Å².